The molecule has 0 fully saturated rings. The van der Waals surface area contributed by atoms with Crippen molar-refractivity contribution in [2.75, 3.05) is 12.9 Å². The second kappa shape index (κ2) is 7.42. The van der Waals surface area contributed by atoms with Gasteiger partial charge in [0.1, 0.15) is 5.82 Å². The highest BCUT2D eigenvalue weighted by Crippen LogP contribution is 2.29. The number of carbonyl (C=O) groups is 1. The SMILES string of the molecule is COC(=O)CCCSc1nnc(-c2ccc(F)cc2Cl)o1. The maximum atomic E-state index is 13.0. The number of ether oxygens (including phenoxy) is 1. The summed E-state index contributed by atoms with van der Waals surface area (Å²) in [6.45, 7) is 0. The summed E-state index contributed by atoms with van der Waals surface area (Å²) in [5, 5.41) is 8.32. The van der Waals surface area contributed by atoms with E-state index in [0.29, 0.717) is 29.4 Å². The van der Waals surface area contributed by atoms with Gasteiger partial charge in [-0.25, -0.2) is 4.39 Å². The van der Waals surface area contributed by atoms with Gasteiger partial charge in [-0.05, 0) is 24.6 Å². The maximum Gasteiger partial charge on any atom is 0.305 e. The lowest BCUT2D eigenvalue weighted by Gasteiger charge is -1.99. The summed E-state index contributed by atoms with van der Waals surface area (Å²) in [7, 11) is 1.35. The maximum absolute atomic E-state index is 13.0. The molecule has 0 saturated carbocycles. The molecule has 0 radical (unpaired) electrons. The molecule has 21 heavy (non-hydrogen) atoms. The Kier molecular flexibility index (Phi) is 5.58. The third-order valence-electron chi connectivity index (χ3n) is 2.55. The van der Waals surface area contributed by atoms with Crippen LogP contribution in [-0.2, 0) is 9.53 Å². The lowest BCUT2D eigenvalue weighted by Crippen LogP contribution is -1.99. The van der Waals surface area contributed by atoms with Crippen LogP contribution in [0, 0.1) is 5.82 Å². The van der Waals surface area contributed by atoms with Crippen molar-refractivity contribution in [2.24, 2.45) is 0 Å². The molecule has 1 heterocycles. The first kappa shape index (κ1) is 15.8. The van der Waals surface area contributed by atoms with Crippen molar-refractivity contribution in [2.45, 2.75) is 18.1 Å². The molecular formula is C13H12ClFN2O3S. The van der Waals surface area contributed by atoms with Crippen LogP contribution < -0.4 is 0 Å². The van der Waals surface area contributed by atoms with Crippen LogP contribution >= 0.6 is 23.4 Å². The fourth-order valence-corrected chi connectivity index (χ4v) is 2.47. The number of carbonyl (C=O) groups excluding carboxylic acids is 1. The molecule has 2 aromatic rings. The topological polar surface area (TPSA) is 65.2 Å². The van der Waals surface area contributed by atoms with Gasteiger partial charge in [0, 0.05) is 12.2 Å². The minimum atomic E-state index is -0.430. The van der Waals surface area contributed by atoms with Crippen LogP contribution in [0.5, 0.6) is 0 Å². The highest BCUT2D eigenvalue weighted by atomic mass is 35.5. The van der Waals surface area contributed by atoms with E-state index >= 15 is 0 Å². The van der Waals surface area contributed by atoms with E-state index in [2.05, 4.69) is 14.9 Å². The summed E-state index contributed by atoms with van der Waals surface area (Å²) in [4.78, 5) is 10.9. The molecule has 5 nitrogen and oxygen atoms in total. The first-order chi connectivity index (χ1) is 10.1. The molecule has 0 unspecified atom stereocenters. The minimum absolute atomic E-state index is 0.209. The van der Waals surface area contributed by atoms with Crippen LogP contribution in [0.15, 0.2) is 27.8 Å². The molecule has 0 atom stereocenters. The number of hydrogen-bond donors (Lipinski definition) is 0. The summed E-state index contributed by atoms with van der Waals surface area (Å²) in [5.74, 6) is 0.199. The molecule has 1 aromatic heterocycles. The summed E-state index contributed by atoms with van der Waals surface area (Å²) in [6.07, 6.45) is 0.987. The number of benzene rings is 1. The summed E-state index contributed by atoms with van der Waals surface area (Å²) >= 11 is 7.26. The fourth-order valence-electron chi connectivity index (χ4n) is 1.52. The van der Waals surface area contributed by atoms with Crippen molar-refractivity contribution in [3.8, 4) is 11.5 Å². The Labute approximate surface area is 129 Å². The van der Waals surface area contributed by atoms with Crippen molar-refractivity contribution in [3.63, 3.8) is 0 Å². The summed E-state index contributed by atoms with van der Waals surface area (Å²) in [6, 6.07) is 3.94. The van der Waals surface area contributed by atoms with E-state index in [4.69, 9.17) is 16.0 Å². The lowest BCUT2D eigenvalue weighted by molar-refractivity contribution is -0.140. The number of aromatic nitrogens is 2. The predicted octanol–water partition coefficient (Wildman–Crippen LogP) is 3.57. The Morgan fingerprint density at radius 3 is 3.00 bits per heavy atom. The van der Waals surface area contributed by atoms with E-state index in [1.54, 1.807) is 0 Å². The molecule has 0 N–H and O–H groups in total. The Morgan fingerprint density at radius 1 is 1.48 bits per heavy atom. The minimum Gasteiger partial charge on any atom is -0.469 e. The molecule has 0 amide bonds. The van der Waals surface area contributed by atoms with Gasteiger partial charge in [0.2, 0.25) is 5.89 Å². The molecule has 0 aliphatic heterocycles. The van der Waals surface area contributed by atoms with Crippen LogP contribution in [0.1, 0.15) is 12.8 Å². The van der Waals surface area contributed by atoms with Crippen LogP contribution in [0.2, 0.25) is 5.02 Å². The number of rotatable bonds is 6. The number of hydrogen-bond acceptors (Lipinski definition) is 6. The van der Waals surface area contributed by atoms with Gasteiger partial charge in [-0.1, -0.05) is 23.4 Å². The van der Waals surface area contributed by atoms with Gasteiger partial charge in [-0.15, -0.1) is 10.2 Å². The van der Waals surface area contributed by atoms with Gasteiger partial charge in [0.05, 0.1) is 17.7 Å². The normalized spacial score (nSPS) is 10.6. The largest absolute Gasteiger partial charge is 0.469 e. The molecular weight excluding hydrogens is 319 g/mol. The Bertz CT molecular complexity index is 636. The molecule has 0 aliphatic carbocycles. The summed E-state index contributed by atoms with van der Waals surface area (Å²) in [5.41, 5.74) is 0.479. The fraction of sp³-hybridized carbons (Fsp3) is 0.308. The Balaban J connectivity index is 1.93. The van der Waals surface area contributed by atoms with E-state index in [9.17, 15) is 9.18 Å². The van der Waals surface area contributed by atoms with Gasteiger partial charge in [0.15, 0.2) is 0 Å². The Hall–Kier alpha value is -1.60. The van der Waals surface area contributed by atoms with Crippen molar-refractivity contribution >= 4 is 29.3 Å². The zero-order valence-corrected chi connectivity index (χ0v) is 12.7. The van der Waals surface area contributed by atoms with Crippen LogP contribution in [0.4, 0.5) is 4.39 Å². The van der Waals surface area contributed by atoms with E-state index < -0.39 is 5.82 Å². The molecule has 2 rings (SSSR count). The molecule has 0 spiro atoms. The highest BCUT2D eigenvalue weighted by molar-refractivity contribution is 7.99. The average molecular weight is 331 g/mol. The number of methoxy groups -OCH3 is 1. The lowest BCUT2D eigenvalue weighted by atomic mass is 10.2. The van der Waals surface area contributed by atoms with Gasteiger partial charge in [-0.3, -0.25) is 4.79 Å². The predicted molar refractivity (Wildman–Crippen MR) is 76.7 cm³/mol. The van der Waals surface area contributed by atoms with Gasteiger partial charge >= 0.3 is 5.97 Å². The van der Waals surface area contributed by atoms with Gasteiger partial charge in [-0.2, -0.15) is 0 Å². The molecule has 0 bridgehead atoms. The third kappa shape index (κ3) is 4.44. The number of esters is 1. The first-order valence-corrected chi connectivity index (χ1v) is 7.45. The zero-order chi connectivity index (χ0) is 15.2. The Morgan fingerprint density at radius 2 is 2.29 bits per heavy atom. The standard InChI is InChI=1S/C13H12ClFN2O3S/c1-19-11(18)3-2-6-21-13-17-16-12(20-13)9-5-4-8(15)7-10(9)14/h4-5,7H,2-3,6H2,1H3. The average Bonchev–Trinajstić information content (AvgIpc) is 2.92. The van der Waals surface area contributed by atoms with E-state index in [1.165, 1.54) is 37.1 Å². The monoisotopic (exact) mass is 330 g/mol. The van der Waals surface area contributed by atoms with Crippen molar-refractivity contribution < 1.29 is 18.3 Å². The van der Waals surface area contributed by atoms with E-state index in [0.717, 1.165) is 0 Å². The van der Waals surface area contributed by atoms with Gasteiger partial charge in [0.25, 0.3) is 5.22 Å². The number of thioether (sulfide) groups is 1. The second-order valence-electron chi connectivity index (χ2n) is 4.03. The van der Waals surface area contributed by atoms with Gasteiger partial charge < -0.3 is 9.15 Å². The first-order valence-electron chi connectivity index (χ1n) is 6.08. The van der Waals surface area contributed by atoms with E-state index in [1.807, 2.05) is 0 Å². The highest BCUT2D eigenvalue weighted by Gasteiger charge is 2.13. The quantitative estimate of drug-likeness (QED) is 0.458. The molecule has 112 valence electrons. The number of halogens is 2. The molecule has 0 saturated heterocycles. The smallest absolute Gasteiger partial charge is 0.305 e. The van der Waals surface area contributed by atoms with Crippen LogP contribution in [-0.4, -0.2) is 29.0 Å². The van der Waals surface area contributed by atoms with E-state index in [-0.39, 0.29) is 16.9 Å². The molecule has 0 aliphatic rings. The van der Waals surface area contributed by atoms with Crippen LogP contribution in [0.3, 0.4) is 0 Å². The molecule has 1 aromatic carbocycles. The number of nitrogens with zero attached hydrogens (tertiary/aromatic N) is 2. The second-order valence-corrected chi connectivity index (χ2v) is 5.48. The third-order valence-corrected chi connectivity index (χ3v) is 3.76. The van der Waals surface area contributed by atoms with Crippen LogP contribution in [0.25, 0.3) is 11.5 Å². The zero-order valence-electron chi connectivity index (χ0n) is 11.1. The van der Waals surface area contributed by atoms with Crippen molar-refractivity contribution in [1.82, 2.24) is 10.2 Å². The van der Waals surface area contributed by atoms with Crippen molar-refractivity contribution in [3.05, 3.63) is 29.0 Å². The summed E-state index contributed by atoms with van der Waals surface area (Å²) < 4.78 is 23.0. The van der Waals surface area contributed by atoms with Crippen molar-refractivity contribution in [1.29, 1.82) is 0 Å². The molecule has 8 heteroatoms.